The van der Waals surface area contributed by atoms with Gasteiger partial charge in [0.1, 0.15) is 5.75 Å². The van der Waals surface area contributed by atoms with Gasteiger partial charge in [-0.25, -0.2) is 4.79 Å². The Hall–Kier alpha value is -1.59. The summed E-state index contributed by atoms with van der Waals surface area (Å²) in [7, 11) is 1.36. The van der Waals surface area contributed by atoms with Gasteiger partial charge in [-0.05, 0) is 24.3 Å². The van der Waals surface area contributed by atoms with Gasteiger partial charge in [0, 0.05) is 19.6 Å². The van der Waals surface area contributed by atoms with Crippen LogP contribution in [0, 0.1) is 0 Å². The SMILES string of the molecule is COC(=O)c1ccc(OCCCOCCN)cc1. The topological polar surface area (TPSA) is 70.8 Å². The molecule has 1 aromatic rings. The van der Waals surface area contributed by atoms with Crippen LogP contribution >= 0.6 is 0 Å². The van der Waals surface area contributed by atoms with Crippen LogP contribution in [-0.2, 0) is 9.47 Å². The van der Waals surface area contributed by atoms with E-state index in [2.05, 4.69) is 4.74 Å². The Balaban J connectivity index is 2.25. The second-order valence-electron chi connectivity index (χ2n) is 3.62. The minimum Gasteiger partial charge on any atom is -0.494 e. The predicted molar refractivity (Wildman–Crippen MR) is 67.8 cm³/mol. The van der Waals surface area contributed by atoms with Crippen LogP contribution in [-0.4, -0.2) is 39.4 Å². The van der Waals surface area contributed by atoms with Crippen LogP contribution in [0.15, 0.2) is 24.3 Å². The van der Waals surface area contributed by atoms with Crippen LogP contribution in [0.3, 0.4) is 0 Å². The zero-order chi connectivity index (χ0) is 13.2. The number of carbonyl (C=O) groups excluding carboxylic acids is 1. The summed E-state index contributed by atoms with van der Waals surface area (Å²) in [5.74, 6) is 0.373. The first-order chi connectivity index (χ1) is 8.77. The fourth-order valence-corrected chi connectivity index (χ4v) is 1.34. The van der Waals surface area contributed by atoms with Crippen LogP contribution in [0.2, 0.25) is 0 Å². The second kappa shape index (κ2) is 8.49. The van der Waals surface area contributed by atoms with Gasteiger partial charge in [-0.15, -0.1) is 0 Å². The number of benzene rings is 1. The Morgan fingerprint density at radius 1 is 1.17 bits per heavy atom. The van der Waals surface area contributed by atoms with Gasteiger partial charge in [0.15, 0.2) is 0 Å². The highest BCUT2D eigenvalue weighted by Crippen LogP contribution is 2.12. The number of hydrogen-bond donors (Lipinski definition) is 1. The normalized spacial score (nSPS) is 10.1. The second-order valence-corrected chi connectivity index (χ2v) is 3.62. The van der Waals surface area contributed by atoms with Crippen LogP contribution in [0.25, 0.3) is 0 Å². The zero-order valence-electron chi connectivity index (χ0n) is 10.6. The molecule has 2 N–H and O–H groups in total. The quantitative estimate of drug-likeness (QED) is 0.557. The van der Waals surface area contributed by atoms with E-state index in [0.29, 0.717) is 31.9 Å². The van der Waals surface area contributed by atoms with Gasteiger partial charge < -0.3 is 19.9 Å². The van der Waals surface area contributed by atoms with Crippen LogP contribution in [0.1, 0.15) is 16.8 Å². The summed E-state index contributed by atoms with van der Waals surface area (Å²) in [6.45, 7) is 2.32. The van der Waals surface area contributed by atoms with Gasteiger partial charge >= 0.3 is 5.97 Å². The first kappa shape index (κ1) is 14.5. The molecule has 0 aliphatic heterocycles. The molecule has 0 saturated heterocycles. The summed E-state index contributed by atoms with van der Waals surface area (Å²) in [6, 6.07) is 6.83. The van der Waals surface area contributed by atoms with Gasteiger partial charge in [0.25, 0.3) is 0 Å². The van der Waals surface area contributed by atoms with E-state index < -0.39 is 0 Å². The molecule has 0 saturated carbocycles. The molecular formula is C13H19NO4. The lowest BCUT2D eigenvalue weighted by Gasteiger charge is -2.07. The molecule has 0 heterocycles. The lowest BCUT2D eigenvalue weighted by atomic mass is 10.2. The molecule has 1 aromatic carbocycles. The average molecular weight is 253 g/mol. The summed E-state index contributed by atoms with van der Waals surface area (Å²) in [6.07, 6.45) is 0.804. The minimum atomic E-state index is -0.350. The number of methoxy groups -OCH3 is 1. The fourth-order valence-electron chi connectivity index (χ4n) is 1.34. The Morgan fingerprint density at radius 3 is 2.50 bits per heavy atom. The number of rotatable bonds is 8. The Labute approximate surface area is 107 Å². The third-order valence-electron chi connectivity index (χ3n) is 2.24. The molecule has 18 heavy (non-hydrogen) atoms. The number of hydrogen-bond acceptors (Lipinski definition) is 5. The van der Waals surface area contributed by atoms with Crippen molar-refractivity contribution in [2.75, 3.05) is 33.5 Å². The molecule has 5 heteroatoms. The number of esters is 1. The van der Waals surface area contributed by atoms with Crippen LogP contribution < -0.4 is 10.5 Å². The lowest BCUT2D eigenvalue weighted by Crippen LogP contribution is -2.10. The van der Waals surface area contributed by atoms with E-state index in [9.17, 15) is 4.79 Å². The van der Waals surface area contributed by atoms with Crippen molar-refractivity contribution in [2.24, 2.45) is 5.73 Å². The maximum Gasteiger partial charge on any atom is 0.337 e. The molecule has 0 aliphatic carbocycles. The zero-order valence-corrected chi connectivity index (χ0v) is 10.6. The molecule has 100 valence electrons. The maximum absolute atomic E-state index is 11.2. The Kier molecular flexibility index (Phi) is 6.83. The summed E-state index contributed by atoms with van der Waals surface area (Å²) in [5, 5.41) is 0. The van der Waals surface area contributed by atoms with Crippen molar-refractivity contribution < 1.29 is 19.0 Å². The van der Waals surface area contributed by atoms with E-state index in [-0.39, 0.29) is 5.97 Å². The van der Waals surface area contributed by atoms with Crippen LogP contribution in [0.5, 0.6) is 5.75 Å². The lowest BCUT2D eigenvalue weighted by molar-refractivity contribution is 0.0600. The number of ether oxygens (including phenoxy) is 3. The molecule has 0 bridgehead atoms. The highest BCUT2D eigenvalue weighted by Gasteiger charge is 2.04. The van der Waals surface area contributed by atoms with Crippen molar-refractivity contribution in [3.05, 3.63) is 29.8 Å². The Morgan fingerprint density at radius 2 is 1.89 bits per heavy atom. The van der Waals surface area contributed by atoms with Gasteiger partial charge in [-0.1, -0.05) is 0 Å². The van der Waals surface area contributed by atoms with Crippen molar-refractivity contribution in [2.45, 2.75) is 6.42 Å². The highest BCUT2D eigenvalue weighted by molar-refractivity contribution is 5.89. The van der Waals surface area contributed by atoms with E-state index in [1.54, 1.807) is 24.3 Å². The van der Waals surface area contributed by atoms with Crippen LogP contribution in [0.4, 0.5) is 0 Å². The van der Waals surface area contributed by atoms with Crippen molar-refractivity contribution in [1.82, 2.24) is 0 Å². The third kappa shape index (κ3) is 5.16. The molecule has 5 nitrogen and oxygen atoms in total. The third-order valence-corrected chi connectivity index (χ3v) is 2.24. The smallest absolute Gasteiger partial charge is 0.337 e. The van der Waals surface area contributed by atoms with E-state index >= 15 is 0 Å². The van der Waals surface area contributed by atoms with E-state index in [1.165, 1.54) is 7.11 Å². The monoisotopic (exact) mass is 253 g/mol. The number of nitrogens with two attached hydrogens (primary N) is 1. The largest absolute Gasteiger partial charge is 0.494 e. The van der Waals surface area contributed by atoms with E-state index in [1.807, 2.05) is 0 Å². The predicted octanol–water partition coefficient (Wildman–Crippen LogP) is 1.22. The van der Waals surface area contributed by atoms with Crippen molar-refractivity contribution in [3.8, 4) is 5.75 Å². The van der Waals surface area contributed by atoms with Gasteiger partial charge in [0.2, 0.25) is 0 Å². The fraction of sp³-hybridized carbons (Fsp3) is 0.462. The first-order valence-electron chi connectivity index (χ1n) is 5.87. The molecule has 0 aromatic heterocycles. The standard InChI is InChI=1S/C13H19NO4/c1-16-13(15)11-3-5-12(6-4-11)18-9-2-8-17-10-7-14/h3-6H,2,7-10,14H2,1H3. The molecule has 1 rings (SSSR count). The molecule has 0 amide bonds. The van der Waals surface area contributed by atoms with Crippen molar-refractivity contribution in [1.29, 1.82) is 0 Å². The summed E-state index contributed by atoms with van der Waals surface area (Å²) >= 11 is 0. The number of carbonyl (C=O) groups is 1. The molecule has 0 spiro atoms. The summed E-state index contributed by atoms with van der Waals surface area (Å²) in [4.78, 5) is 11.2. The highest BCUT2D eigenvalue weighted by atomic mass is 16.5. The molecule has 0 unspecified atom stereocenters. The van der Waals surface area contributed by atoms with E-state index in [4.69, 9.17) is 15.2 Å². The molecule has 0 aliphatic rings. The minimum absolute atomic E-state index is 0.350. The average Bonchev–Trinajstić information content (AvgIpc) is 2.42. The molecule has 0 atom stereocenters. The van der Waals surface area contributed by atoms with E-state index in [0.717, 1.165) is 12.2 Å². The van der Waals surface area contributed by atoms with Gasteiger partial charge in [0.05, 0.1) is 25.9 Å². The molecular weight excluding hydrogens is 234 g/mol. The first-order valence-corrected chi connectivity index (χ1v) is 5.87. The summed E-state index contributed by atoms with van der Waals surface area (Å²) < 4.78 is 15.3. The Bertz CT molecular complexity index is 351. The van der Waals surface area contributed by atoms with Gasteiger partial charge in [-0.3, -0.25) is 0 Å². The van der Waals surface area contributed by atoms with Crippen molar-refractivity contribution in [3.63, 3.8) is 0 Å². The molecule has 0 radical (unpaired) electrons. The van der Waals surface area contributed by atoms with Crippen molar-refractivity contribution >= 4 is 5.97 Å². The van der Waals surface area contributed by atoms with Gasteiger partial charge in [-0.2, -0.15) is 0 Å². The molecule has 0 fully saturated rings. The summed E-state index contributed by atoms with van der Waals surface area (Å²) in [5.41, 5.74) is 5.80. The maximum atomic E-state index is 11.2.